The summed E-state index contributed by atoms with van der Waals surface area (Å²) in [5.41, 5.74) is 4.75. The van der Waals surface area contributed by atoms with Gasteiger partial charge in [0.05, 0.1) is 13.2 Å². The Morgan fingerprint density at radius 3 is 2.50 bits per heavy atom. The Labute approximate surface area is 173 Å². The maximum atomic E-state index is 13.6. The molecule has 0 spiro atoms. The van der Waals surface area contributed by atoms with E-state index in [4.69, 9.17) is 4.74 Å². The van der Waals surface area contributed by atoms with E-state index in [9.17, 15) is 9.18 Å². The van der Waals surface area contributed by atoms with E-state index in [2.05, 4.69) is 11.1 Å². The first-order chi connectivity index (χ1) is 14.7. The van der Waals surface area contributed by atoms with Crippen molar-refractivity contribution >= 4 is 16.8 Å². The van der Waals surface area contributed by atoms with Gasteiger partial charge in [0, 0.05) is 28.7 Å². The molecule has 4 aromatic rings. The monoisotopic (exact) mass is 400 g/mol. The first-order valence-electron chi connectivity index (χ1n) is 9.95. The second kappa shape index (κ2) is 7.34. The highest BCUT2D eigenvalue weighted by Crippen LogP contribution is 2.39. The normalized spacial score (nSPS) is 15.8. The van der Waals surface area contributed by atoms with Gasteiger partial charge in [-0.15, -0.1) is 0 Å². The molecule has 1 aliphatic heterocycles. The van der Waals surface area contributed by atoms with Crippen LogP contribution in [0.25, 0.3) is 10.9 Å². The molecule has 0 bridgehead atoms. The number of hydrogen-bond donors (Lipinski definition) is 1. The second-order valence-corrected chi connectivity index (χ2v) is 7.49. The van der Waals surface area contributed by atoms with Gasteiger partial charge in [-0.2, -0.15) is 0 Å². The van der Waals surface area contributed by atoms with Crippen molar-refractivity contribution < 1.29 is 13.9 Å². The third-order valence-electron chi connectivity index (χ3n) is 5.82. The molecule has 0 saturated carbocycles. The van der Waals surface area contributed by atoms with Crippen LogP contribution in [0.1, 0.15) is 33.2 Å². The number of amides is 1. The molecule has 1 atom stereocenters. The van der Waals surface area contributed by atoms with Crippen molar-refractivity contribution in [3.8, 4) is 5.75 Å². The predicted octanol–water partition coefficient (Wildman–Crippen LogP) is 5.10. The Morgan fingerprint density at radius 2 is 1.77 bits per heavy atom. The zero-order valence-corrected chi connectivity index (χ0v) is 16.6. The van der Waals surface area contributed by atoms with E-state index in [0.717, 1.165) is 23.2 Å². The van der Waals surface area contributed by atoms with Crippen LogP contribution >= 0.6 is 0 Å². The number of ether oxygens (including phenoxy) is 1. The zero-order chi connectivity index (χ0) is 20.7. The molecule has 30 heavy (non-hydrogen) atoms. The van der Waals surface area contributed by atoms with Gasteiger partial charge in [0.25, 0.3) is 5.91 Å². The first kappa shape index (κ1) is 18.4. The number of para-hydroxylation sites is 1. The van der Waals surface area contributed by atoms with Gasteiger partial charge in [0.15, 0.2) is 0 Å². The Hall–Kier alpha value is -3.60. The molecule has 2 heterocycles. The number of rotatable bonds is 3. The molecule has 150 valence electrons. The number of aromatic nitrogens is 1. The second-order valence-electron chi connectivity index (χ2n) is 7.49. The Balaban J connectivity index is 1.62. The summed E-state index contributed by atoms with van der Waals surface area (Å²) >= 11 is 0. The van der Waals surface area contributed by atoms with Crippen LogP contribution in [-0.4, -0.2) is 29.4 Å². The highest BCUT2D eigenvalue weighted by Gasteiger charge is 2.34. The van der Waals surface area contributed by atoms with Gasteiger partial charge in [0.2, 0.25) is 0 Å². The summed E-state index contributed by atoms with van der Waals surface area (Å²) in [5.74, 6) is 0.355. The lowest BCUT2D eigenvalue weighted by Crippen LogP contribution is -2.40. The molecule has 5 rings (SSSR count). The Bertz CT molecular complexity index is 1210. The highest BCUT2D eigenvalue weighted by molar-refractivity contribution is 5.95. The molecule has 0 unspecified atom stereocenters. The number of benzene rings is 3. The molecule has 1 aliphatic rings. The summed E-state index contributed by atoms with van der Waals surface area (Å²) in [5, 5.41) is 1.18. The lowest BCUT2D eigenvalue weighted by Gasteiger charge is -2.36. The molecular weight excluding hydrogens is 379 g/mol. The number of methoxy groups -OCH3 is 1. The molecule has 4 nitrogen and oxygen atoms in total. The van der Waals surface area contributed by atoms with E-state index < -0.39 is 0 Å². The fraction of sp³-hybridized carbons (Fsp3) is 0.160. The Kier molecular flexibility index (Phi) is 4.51. The Morgan fingerprint density at radius 1 is 1.03 bits per heavy atom. The van der Waals surface area contributed by atoms with Crippen molar-refractivity contribution in [1.82, 2.24) is 9.88 Å². The third kappa shape index (κ3) is 3.03. The van der Waals surface area contributed by atoms with E-state index in [0.29, 0.717) is 17.9 Å². The fourth-order valence-electron chi connectivity index (χ4n) is 4.35. The number of hydrogen-bond acceptors (Lipinski definition) is 2. The number of nitrogens with one attached hydrogen (secondary N) is 1. The van der Waals surface area contributed by atoms with E-state index in [1.165, 1.54) is 23.1 Å². The zero-order valence-electron chi connectivity index (χ0n) is 16.6. The van der Waals surface area contributed by atoms with E-state index in [-0.39, 0.29) is 17.8 Å². The summed E-state index contributed by atoms with van der Waals surface area (Å²) in [6.07, 6.45) is 0.763. The molecule has 0 fully saturated rings. The molecule has 1 amide bonds. The topological polar surface area (TPSA) is 45.3 Å². The number of aromatic amines is 1. The quantitative estimate of drug-likeness (QED) is 0.520. The fourth-order valence-corrected chi connectivity index (χ4v) is 4.35. The number of H-pyrrole nitrogens is 1. The van der Waals surface area contributed by atoms with Gasteiger partial charge in [-0.1, -0.05) is 30.3 Å². The average Bonchev–Trinajstić information content (AvgIpc) is 3.17. The van der Waals surface area contributed by atoms with Gasteiger partial charge in [-0.05, 0) is 60.0 Å². The van der Waals surface area contributed by atoms with Gasteiger partial charge in [-0.25, -0.2) is 4.39 Å². The van der Waals surface area contributed by atoms with Crippen LogP contribution in [0, 0.1) is 5.82 Å². The number of fused-ring (bicyclic) bond motifs is 3. The van der Waals surface area contributed by atoms with Crippen LogP contribution in [0.5, 0.6) is 5.75 Å². The number of carbonyl (C=O) groups is 1. The molecule has 1 aromatic heterocycles. The van der Waals surface area contributed by atoms with Crippen LogP contribution in [0.2, 0.25) is 0 Å². The first-order valence-corrected chi connectivity index (χ1v) is 9.95. The van der Waals surface area contributed by atoms with Crippen LogP contribution in [0.3, 0.4) is 0 Å². The maximum absolute atomic E-state index is 13.6. The smallest absolute Gasteiger partial charge is 0.254 e. The standard InChI is InChI=1S/C25H21FN2O2/c1-30-19-12-8-17(9-13-19)25(29)28-15-14-21-20-4-2-3-5-22(20)27-23(21)24(28)16-6-10-18(26)11-7-16/h2-13,24,27H,14-15H2,1H3/t24-/m1/s1. The van der Waals surface area contributed by atoms with E-state index in [1.54, 1.807) is 43.5 Å². The molecule has 0 saturated heterocycles. The third-order valence-corrected chi connectivity index (χ3v) is 5.82. The summed E-state index contributed by atoms with van der Waals surface area (Å²) in [7, 11) is 1.60. The molecular formula is C25H21FN2O2. The molecule has 5 heteroatoms. The van der Waals surface area contributed by atoms with Crippen molar-refractivity contribution in [2.24, 2.45) is 0 Å². The van der Waals surface area contributed by atoms with Gasteiger partial charge >= 0.3 is 0 Å². The summed E-state index contributed by atoms with van der Waals surface area (Å²) in [6.45, 7) is 0.585. The van der Waals surface area contributed by atoms with E-state index in [1.807, 2.05) is 23.1 Å². The summed E-state index contributed by atoms with van der Waals surface area (Å²) in [6, 6.07) is 21.4. The number of carbonyl (C=O) groups excluding carboxylic acids is 1. The van der Waals surface area contributed by atoms with Crippen LogP contribution in [0.15, 0.2) is 72.8 Å². The number of nitrogens with zero attached hydrogens (tertiary/aromatic N) is 1. The predicted molar refractivity (Wildman–Crippen MR) is 114 cm³/mol. The minimum atomic E-state index is -0.309. The molecule has 0 aliphatic carbocycles. The molecule has 1 N–H and O–H groups in total. The highest BCUT2D eigenvalue weighted by atomic mass is 19.1. The molecule has 3 aromatic carbocycles. The lowest BCUT2D eigenvalue weighted by atomic mass is 9.91. The van der Waals surface area contributed by atoms with Gasteiger partial charge in [-0.3, -0.25) is 4.79 Å². The van der Waals surface area contributed by atoms with E-state index >= 15 is 0 Å². The lowest BCUT2D eigenvalue weighted by molar-refractivity contribution is 0.0692. The van der Waals surface area contributed by atoms with Crippen molar-refractivity contribution in [1.29, 1.82) is 0 Å². The summed E-state index contributed by atoms with van der Waals surface area (Å²) in [4.78, 5) is 18.9. The number of halogens is 1. The van der Waals surface area contributed by atoms with Crippen LogP contribution < -0.4 is 4.74 Å². The average molecular weight is 400 g/mol. The SMILES string of the molecule is COc1ccc(C(=O)N2CCc3c([nH]c4ccccc34)[C@H]2c2ccc(F)cc2)cc1. The maximum Gasteiger partial charge on any atom is 0.254 e. The van der Waals surface area contributed by atoms with Crippen LogP contribution in [0.4, 0.5) is 4.39 Å². The summed E-state index contributed by atoms with van der Waals surface area (Å²) < 4.78 is 18.8. The minimum Gasteiger partial charge on any atom is -0.497 e. The van der Waals surface area contributed by atoms with Gasteiger partial charge < -0.3 is 14.6 Å². The van der Waals surface area contributed by atoms with Crippen molar-refractivity contribution in [3.63, 3.8) is 0 Å². The molecule has 0 radical (unpaired) electrons. The van der Waals surface area contributed by atoms with Gasteiger partial charge in [0.1, 0.15) is 11.6 Å². The van der Waals surface area contributed by atoms with Crippen molar-refractivity contribution in [3.05, 3.63) is 101 Å². The van der Waals surface area contributed by atoms with Crippen molar-refractivity contribution in [2.45, 2.75) is 12.5 Å². The minimum absolute atomic E-state index is 0.0590. The van der Waals surface area contributed by atoms with Crippen molar-refractivity contribution in [2.75, 3.05) is 13.7 Å². The largest absolute Gasteiger partial charge is 0.497 e. The van der Waals surface area contributed by atoms with Crippen LogP contribution in [-0.2, 0) is 6.42 Å².